The first-order valence-electron chi connectivity index (χ1n) is 4.64. The van der Waals surface area contributed by atoms with Crippen LogP contribution in [0.25, 0.3) is 0 Å². The van der Waals surface area contributed by atoms with E-state index in [1.165, 1.54) is 5.51 Å². The number of carbonyl (C=O) groups is 3. The van der Waals surface area contributed by atoms with E-state index in [1.54, 1.807) is 0 Å². The normalized spacial score (nSPS) is 11.6. The van der Waals surface area contributed by atoms with Gasteiger partial charge in [0.05, 0.1) is 12.0 Å². The average molecular weight is 271 g/mol. The van der Waals surface area contributed by atoms with Gasteiger partial charge in [-0.1, -0.05) is 11.3 Å². The zero-order valence-corrected chi connectivity index (χ0v) is 10.0. The minimum atomic E-state index is -1.44. The molecule has 0 saturated heterocycles. The van der Waals surface area contributed by atoms with Gasteiger partial charge in [0, 0.05) is 5.57 Å². The first-order valence-corrected chi connectivity index (χ1v) is 5.52. The van der Waals surface area contributed by atoms with Gasteiger partial charge in [-0.15, -0.1) is 10.2 Å². The summed E-state index contributed by atoms with van der Waals surface area (Å²) in [7, 11) is 0. The molecule has 0 saturated carbocycles. The lowest BCUT2D eigenvalue weighted by Crippen LogP contribution is -2.18. The van der Waals surface area contributed by atoms with Crippen LogP contribution in [0.4, 0.5) is 5.13 Å². The fourth-order valence-corrected chi connectivity index (χ4v) is 1.51. The number of amides is 1. The minimum absolute atomic E-state index is 0.220. The Kier molecular flexibility index (Phi) is 4.49. The van der Waals surface area contributed by atoms with Crippen LogP contribution in [0.5, 0.6) is 0 Å². The molecule has 0 radical (unpaired) electrons. The van der Waals surface area contributed by atoms with Gasteiger partial charge in [0.15, 0.2) is 0 Å². The third-order valence-electron chi connectivity index (χ3n) is 1.98. The molecule has 1 amide bonds. The third-order valence-corrected chi connectivity index (χ3v) is 2.58. The van der Waals surface area contributed by atoms with Gasteiger partial charge >= 0.3 is 11.9 Å². The van der Waals surface area contributed by atoms with Crippen molar-refractivity contribution < 1.29 is 24.6 Å². The van der Waals surface area contributed by atoms with Crippen LogP contribution in [0, 0.1) is 0 Å². The molecule has 0 unspecified atom stereocenters. The standard InChI is InChI=1S/C9H9N3O5S/c1-4(7(14)15)5(8(16)17)2-6(13)11-9-12-10-3-18-9/h3H,2H2,1H3,(H,14,15)(H,16,17)(H,11,12,13). The summed E-state index contributed by atoms with van der Waals surface area (Å²) < 4.78 is 0. The molecular weight excluding hydrogens is 262 g/mol. The molecule has 0 aliphatic carbocycles. The summed E-state index contributed by atoms with van der Waals surface area (Å²) in [6.45, 7) is 1.13. The zero-order valence-electron chi connectivity index (χ0n) is 9.21. The number of aromatic nitrogens is 2. The highest BCUT2D eigenvalue weighted by Crippen LogP contribution is 2.13. The van der Waals surface area contributed by atoms with E-state index in [0.29, 0.717) is 0 Å². The Hall–Kier alpha value is -2.29. The van der Waals surface area contributed by atoms with Gasteiger partial charge in [0.25, 0.3) is 0 Å². The van der Waals surface area contributed by atoms with Crippen LogP contribution in [0.1, 0.15) is 13.3 Å². The molecule has 1 heterocycles. The van der Waals surface area contributed by atoms with E-state index >= 15 is 0 Å². The fraction of sp³-hybridized carbons (Fsp3) is 0.222. The third kappa shape index (κ3) is 3.63. The predicted octanol–water partition coefficient (Wildman–Crippen LogP) is 0.352. The number of carbonyl (C=O) groups excluding carboxylic acids is 1. The summed E-state index contributed by atoms with van der Waals surface area (Å²) >= 11 is 1.07. The molecule has 18 heavy (non-hydrogen) atoms. The summed E-state index contributed by atoms with van der Waals surface area (Å²) in [6.07, 6.45) is -0.549. The van der Waals surface area contributed by atoms with E-state index in [1.807, 2.05) is 0 Å². The first kappa shape index (κ1) is 13.8. The Morgan fingerprint density at radius 1 is 1.33 bits per heavy atom. The smallest absolute Gasteiger partial charge is 0.332 e. The molecule has 0 aliphatic rings. The van der Waals surface area contributed by atoms with Crippen LogP contribution in [-0.2, 0) is 14.4 Å². The van der Waals surface area contributed by atoms with Crippen molar-refractivity contribution in [2.75, 3.05) is 5.32 Å². The summed E-state index contributed by atoms with van der Waals surface area (Å²) in [5.74, 6) is -3.48. The zero-order chi connectivity index (χ0) is 13.7. The van der Waals surface area contributed by atoms with Crippen LogP contribution in [0.15, 0.2) is 16.7 Å². The molecule has 3 N–H and O–H groups in total. The minimum Gasteiger partial charge on any atom is -0.478 e. The lowest BCUT2D eigenvalue weighted by molar-refractivity contribution is -0.136. The second-order valence-electron chi connectivity index (χ2n) is 3.18. The second kappa shape index (κ2) is 5.87. The molecule has 1 aromatic rings. The molecular formula is C9H9N3O5S. The van der Waals surface area contributed by atoms with Crippen molar-refractivity contribution in [2.24, 2.45) is 0 Å². The predicted molar refractivity (Wildman–Crippen MR) is 61.1 cm³/mol. The molecule has 9 heteroatoms. The molecule has 0 fully saturated rings. The maximum absolute atomic E-state index is 11.5. The number of rotatable bonds is 5. The second-order valence-corrected chi connectivity index (χ2v) is 4.02. The van der Waals surface area contributed by atoms with Crippen molar-refractivity contribution in [3.05, 3.63) is 16.7 Å². The molecule has 0 aliphatic heterocycles. The Morgan fingerprint density at radius 2 is 2.00 bits per heavy atom. The first-order chi connectivity index (χ1) is 8.41. The van der Waals surface area contributed by atoms with E-state index in [9.17, 15) is 14.4 Å². The highest BCUT2D eigenvalue weighted by Gasteiger charge is 2.20. The van der Waals surface area contributed by atoms with Crippen LogP contribution < -0.4 is 5.32 Å². The molecule has 0 bridgehead atoms. The van der Waals surface area contributed by atoms with Crippen LogP contribution in [0.3, 0.4) is 0 Å². The monoisotopic (exact) mass is 271 g/mol. The van der Waals surface area contributed by atoms with Crippen molar-refractivity contribution >= 4 is 34.3 Å². The van der Waals surface area contributed by atoms with Crippen molar-refractivity contribution in [1.29, 1.82) is 0 Å². The van der Waals surface area contributed by atoms with Crippen molar-refractivity contribution in [2.45, 2.75) is 13.3 Å². The maximum Gasteiger partial charge on any atom is 0.332 e. The SMILES string of the molecule is CC(C(=O)O)=C(CC(=O)Nc1nncs1)C(=O)O. The largest absolute Gasteiger partial charge is 0.478 e. The van der Waals surface area contributed by atoms with Gasteiger partial charge in [0.1, 0.15) is 5.51 Å². The highest BCUT2D eigenvalue weighted by atomic mass is 32.1. The van der Waals surface area contributed by atoms with Crippen LogP contribution in [0.2, 0.25) is 0 Å². The number of carboxylic acid groups (broad SMARTS) is 2. The van der Waals surface area contributed by atoms with E-state index in [2.05, 4.69) is 15.5 Å². The topological polar surface area (TPSA) is 129 Å². The molecule has 8 nitrogen and oxygen atoms in total. The van der Waals surface area contributed by atoms with Gasteiger partial charge in [-0.05, 0) is 6.92 Å². The van der Waals surface area contributed by atoms with Crippen LogP contribution in [-0.4, -0.2) is 38.3 Å². The lowest BCUT2D eigenvalue weighted by atomic mass is 10.1. The molecule has 1 rings (SSSR count). The van der Waals surface area contributed by atoms with E-state index in [0.717, 1.165) is 18.3 Å². The summed E-state index contributed by atoms with van der Waals surface area (Å²) in [5, 5.41) is 27.1. The number of nitrogens with one attached hydrogen (secondary N) is 1. The Labute approximate surface area is 105 Å². The summed E-state index contributed by atoms with van der Waals surface area (Å²) in [4.78, 5) is 33.0. The molecule has 1 aromatic heterocycles. The summed E-state index contributed by atoms with van der Waals surface area (Å²) in [6, 6.07) is 0. The van der Waals surface area contributed by atoms with Gasteiger partial charge < -0.3 is 15.5 Å². The number of hydrogen-bond donors (Lipinski definition) is 3. The fourth-order valence-electron chi connectivity index (χ4n) is 1.05. The average Bonchev–Trinajstić information content (AvgIpc) is 2.77. The van der Waals surface area contributed by atoms with E-state index < -0.39 is 29.8 Å². The number of aliphatic carboxylic acids is 2. The number of nitrogens with zero attached hydrogens (tertiary/aromatic N) is 2. The molecule has 0 atom stereocenters. The van der Waals surface area contributed by atoms with Gasteiger partial charge in [-0.3, -0.25) is 4.79 Å². The number of anilines is 1. The van der Waals surface area contributed by atoms with Crippen molar-refractivity contribution in [1.82, 2.24) is 10.2 Å². The molecule has 0 aromatic carbocycles. The number of hydrogen-bond acceptors (Lipinski definition) is 6. The number of carboxylic acids is 2. The Bertz CT molecular complexity index is 508. The van der Waals surface area contributed by atoms with E-state index in [4.69, 9.17) is 10.2 Å². The van der Waals surface area contributed by atoms with E-state index in [-0.39, 0.29) is 10.7 Å². The Morgan fingerprint density at radius 3 is 2.44 bits per heavy atom. The van der Waals surface area contributed by atoms with Crippen molar-refractivity contribution in [3.63, 3.8) is 0 Å². The quantitative estimate of drug-likeness (QED) is 0.659. The van der Waals surface area contributed by atoms with Crippen molar-refractivity contribution in [3.8, 4) is 0 Å². The van der Waals surface area contributed by atoms with Gasteiger partial charge in [0.2, 0.25) is 11.0 Å². The molecule has 0 spiro atoms. The lowest BCUT2D eigenvalue weighted by Gasteiger charge is -2.04. The highest BCUT2D eigenvalue weighted by molar-refractivity contribution is 7.13. The summed E-state index contributed by atoms with van der Waals surface area (Å²) in [5.41, 5.74) is 0.547. The van der Waals surface area contributed by atoms with Crippen LogP contribution >= 0.6 is 11.3 Å². The molecule has 96 valence electrons. The van der Waals surface area contributed by atoms with Gasteiger partial charge in [-0.2, -0.15) is 0 Å². The van der Waals surface area contributed by atoms with Gasteiger partial charge in [-0.25, -0.2) is 9.59 Å². The maximum atomic E-state index is 11.5. The Balaban J connectivity index is 2.80.